The largest absolute Gasteiger partial charge is 0.325 e. The summed E-state index contributed by atoms with van der Waals surface area (Å²) in [5.74, 6) is 0.0506. The molecule has 0 fully saturated rings. The van der Waals surface area contributed by atoms with Gasteiger partial charge in [0.25, 0.3) is 0 Å². The highest BCUT2D eigenvalue weighted by atomic mass is 32.1. The van der Waals surface area contributed by atoms with Crippen LogP contribution in [-0.2, 0) is 24.2 Å². The lowest BCUT2D eigenvalue weighted by atomic mass is 10.1. The van der Waals surface area contributed by atoms with E-state index in [0.717, 1.165) is 18.7 Å². The first-order chi connectivity index (χ1) is 10.6. The predicted octanol–water partition coefficient (Wildman–Crippen LogP) is 3.62. The Balaban J connectivity index is 1.55. The summed E-state index contributed by atoms with van der Waals surface area (Å²) in [6.45, 7) is 3.35. The molecule has 0 unspecified atom stereocenters. The molecule has 0 aliphatic heterocycles. The van der Waals surface area contributed by atoms with E-state index in [4.69, 9.17) is 0 Å². The van der Waals surface area contributed by atoms with Crippen molar-refractivity contribution in [3.05, 3.63) is 51.2 Å². The second-order valence-electron chi connectivity index (χ2n) is 6.08. The summed E-state index contributed by atoms with van der Waals surface area (Å²) in [6, 6.07) is 8.42. The van der Waals surface area contributed by atoms with Crippen molar-refractivity contribution < 1.29 is 4.79 Å². The molecule has 1 aliphatic rings. The normalized spacial score (nSPS) is 13.4. The van der Waals surface area contributed by atoms with Gasteiger partial charge in [0, 0.05) is 17.1 Å². The lowest BCUT2D eigenvalue weighted by molar-refractivity contribution is -0.117. The molecule has 1 amide bonds. The molecule has 0 radical (unpaired) electrons. The number of aryl methyl sites for hydroxylation is 3. The second-order valence-corrected chi connectivity index (χ2v) is 7.08. The van der Waals surface area contributed by atoms with E-state index < -0.39 is 0 Å². The number of amides is 1. The van der Waals surface area contributed by atoms with Crippen molar-refractivity contribution in [1.82, 2.24) is 4.90 Å². The van der Waals surface area contributed by atoms with E-state index in [1.807, 2.05) is 13.1 Å². The van der Waals surface area contributed by atoms with E-state index in [9.17, 15) is 4.79 Å². The van der Waals surface area contributed by atoms with Gasteiger partial charge in [-0.2, -0.15) is 0 Å². The minimum Gasteiger partial charge on any atom is -0.325 e. The van der Waals surface area contributed by atoms with Crippen LogP contribution < -0.4 is 5.32 Å². The number of fused-ring (bicyclic) bond motifs is 1. The van der Waals surface area contributed by atoms with E-state index in [2.05, 4.69) is 40.7 Å². The van der Waals surface area contributed by atoms with Gasteiger partial charge in [-0.15, -0.1) is 11.3 Å². The fraction of sp³-hybridized carbons (Fsp3) is 0.389. The van der Waals surface area contributed by atoms with Gasteiger partial charge in [0.1, 0.15) is 0 Å². The van der Waals surface area contributed by atoms with Crippen molar-refractivity contribution in [3.63, 3.8) is 0 Å². The maximum absolute atomic E-state index is 12.2. The molecule has 0 atom stereocenters. The van der Waals surface area contributed by atoms with E-state index in [1.54, 1.807) is 11.3 Å². The summed E-state index contributed by atoms with van der Waals surface area (Å²) in [6.07, 6.45) is 3.54. The zero-order valence-corrected chi connectivity index (χ0v) is 14.0. The molecule has 22 heavy (non-hydrogen) atoms. The molecule has 2 aromatic rings. The number of anilines is 1. The van der Waals surface area contributed by atoms with Gasteiger partial charge in [0.05, 0.1) is 6.54 Å². The van der Waals surface area contributed by atoms with Crippen LogP contribution in [-0.4, -0.2) is 24.4 Å². The number of hydrogen-bond donors (Lipinski definition) is 1. The summed E-state index contributed by atoms with van der Waals surface area (Å²) in [5.41, 5.74) is 5.05. The van der Waals surface area contributed by atoms with Crippen LogP contribution in [0.2, 0.25) is 0 Å². The molecule has 3 rings (SSSR count). The molecule has 1 heterocycles. The minimum atomic E-state index is 0.0506. The molecule has 1 aromatic carbocycles. The summed E-state index contributed by atoms with van der Waals surface area (Å²) >= 11 is 1.75. The van der Waals surface area contributed by atoms with Crippen molar-refractivity contribution in [1.29, 1.82) is 0 Å². The monoisotopic (exact) mass is 314 g/mol. The number of thiophene rings is 1. The molecular formula is C18H22N2OS. The Labute approximate surface area is 136 Å². The van der Waals surface area contributed by atoms with Crippen LogP contribution in [0.25, 0.3) is 0 Å². The smallest absolute Gasteiger partial charge is 0.238 e. The van der Waals surface area contributed by atoms with Gasteiger partial charge in [0.15, 0.2) is 0 Å². The standard InChI is InChI=1S/C18H22N2OS/c1-13-8-9-22-17(13)11-20(2)12-18(21)19-16-7-6-14-4-3-5-15(14)10-16/h6-10H,3-5,11-12H2,1-2H3,(H,19,21). The Kier molecular flexibility index (Phi) is 4.60. The van der Waals surface area contributed by atoms with Gasteiger partial charge < -0.3 is 5.32 Å². The number of carbonyl (C=O) groups is 1. The zero-order chi connectivity index (χ0) is 15.5. The second kappa shape index (κ2) is 6.63. The van der Waals surface area contributed by atoms with Crippen molar-refractivity contribution in [2.75, 3.05) is 18.9 Å². The lowest BCUT2D eigenvalue weighted by Gasteiger charge is -2.16. The number of hydrogen-bond acceptors (Lipinski definition) is 3. The number of likely N-dealkylation sites (N-methyl/N-ethyl adjacent to an activating group) is 1. The quantitative estimate of drug-likeness (QED) is 0.914. The number of rotatable bonds is 5. The van der Waals surface area contributed by atoms with Crippen LogP contribution in [0.5, 0.6) is 0 Å². The fourth-order valence-corrected chi connectivity index (χ4v) is 3.95. The summed E-state index contributed by atoms with van der Waals surface area (Å²) in [7, 11) is 1.99. The predicted molar refractivity (Wildman–Crippen MR) is 92.5 cm³/mol. The van der Waals surface area contributed by atoms with E-state index in [0.29, 0.717) is 6.54 Å². The molecule has 0 bridgehead atoms. The van der Waals surface area contributed by atoms with E-state index >= 15 is 0 Å². The Hall–Kier alpha value is -1.65. The third-order valence-corrected chi connectivity index (χ3v) is 5.19. The number of benzene rings is 1. The first-order valence-electron chi connectivity index (χ1n) is 7.75. The van der Waals surface area contributed by atoms with E-state index in [-0.39, 0.29) is 5.91 Å². The number of nitrogens with zero attached hydrogens (tertiary/aromatic N) is 1. The van der Waals surface area contributed by atoms with Crippen LogP contribution in [0.4, 0.5) is 5.69 Å². The van der Waals surface area contributed by atoms with E-state index in [1.165, 1.54) is 34.4 Å². The van der Waals surface area contributed by atoms with Crippen molar-refractivity contribution in [2.24, 2.45) is 0 Å². The lowest BCUT2D eigenvalue weighted by Crippen LogP contribution is -2.29. The van der Waals surface area contributed by atoms with Crippen LogP contribution in [0.1, 0.15) is 28.0 Å². The highest BCUT2D eigenvalue weighted by Gasteiger charge is 2.13. The summed E-state index contributed by atoms with van der Waals surface area (Å²) < 4.78 is 0. The number of carbonyl (C=O) groups excluding carboxylic acids is 1. The first kappa shape index (κ1) is 15.3. The Morgan fingerprint density at radius 3 is 2.86 bits per heavy atom. The first-order valence-corrected chi connectivity index (χ1v) is 8.63. The van der Waals surface area contributed by atoms with Crippen LogP contribution in [0.3, 0.4) is 0 Å². The van der Waals surface area contributed by atoms with Gasteiger partial charge in [-0.25, -0.2) is 0 Å². The third-order valence-electron chi connectivity index (χ3n) is 4.18. The summed E-state index contributed by atoms with van der Waals surface area (Å²) in [4.78, 5) is 15.6. The molecule has 1 N–H and O–H groups in total. The number of nitrogens with one attached hydrogen (secondary N) is 1. The van der Waals surface area contributed by atoms with Crippen LogP contribution in [0, 0.1) is 6.92 Å². The minimum absolute atomic E-state index is 0.0506. The van der Waals surface area contributed by atoms with Gasteiger partial charge in [-0.05, 0) is 73.5 Å². The zero-order valence-electron chi connectivity index (χ0n) is 13.2. The van der Waals surface area contributed by atoms with Gasteiger partial charge >= 0.3 is 0 Å². The van der Waals surface area contributed by atoms with Gasteiger partial charge in [-0.1, -0.05) is 6.07 Å². The molecule has 1 aromatic heterocycles. The average Bonchev–Trinajstić information content (AvgIpc) is 3.07. The molecule has 0 saturated heterocycles. The Bertz CT molecular complexity index is 677. The molecule has 4 heteroatoms. The molecule has 116 valence electrons. The van der Waals surface area contributed by atoms with Crippen molar-refractivity contribution >= 4 is 22.9 Å². The van der Waals surface area contributed by atoms with Crippen molar-refractivity contribution in [3.8, 4) is 0 Å². The third kappa shape index (κ3) is 3.57. The molecule has 0 saturated carbocycles. The van der Waals surface area contributed by atoms with Gasteiger partial charge in [0.2, 0.25) is 5.91 Å². The molecule has 3 nitrogen and oxygen atoms in total. The molecule has 0 spiro atoms. The SMILES string of the molecule is Cc1ccsc1CN(C)CC(=O)Nc1ccc2c(c1)CCC2. The van der Waals surface area contributed by atoms with Crippen LogP contribution in [0.15, 0.2) is 29.6 Å². The highest BCUT2D eigenvalue weighted by Crippen LogP contribution is 2.25. The Morgan fingerprint density at radius 2 is 2.09 bits per heavy atom. The average molecular weight is 314 g/mol. The van der Waals surface area contributed by atoms with Gasteiger partial charge in [-0.3, -0.25) is 9.69 Å². The summed E-state index contributed by atoms with van der Waals surface area (Å²) in [5, 5.41) is 5.12. The fourth-order valence-electron chi connectivity index (χ4n) is 2.96. The maximum atomic E-state index is 12.2. The Morgan fingerprint density at radius 1 is 1.27 bits per heavy atom. The van der Waals surface area contributed by atoms with Crippen LogP contribution >= 0.6 is 11.3 Å². The van der Waals surface area contributed by atoms with Crippen molar-refractivity contribution in [2.45, 2.75) is 32.7 Å². The maximum Gasteiger partial charge on any atom is 0.238 e. The molecule has 1 aliphatic carbocycles. The topological polar surface area (TPSA) is 32.3 Å². The molecular weight excluding hydrogens is 292 g/mol. The highest BCUT2D eigenvalue weighted by molar-refractivity contribution is 7.10.